The van der Waals surface area contributed by atoms with E-state index >= 15 is 0 Å². The number of nitrogens with zero attached hydrogens (tertiary/aromatic N) is 3. The molecule has 0 aliphatic heterocycles. The van der Waals surface area contributed by atoms with Gasteiger partial charge in [0.15, 0.2) is 0 Å². The number of aromatic nitrogens is 3. The van der Waals surface area contributed by atoms with Gasteiger partial charge in [-0.1, -0.05) is 35.0 Å². The second kappa shape index (κ2) is 8.36. The van der Waals surface area contributed by atoms with Gasteiger partial charge in [-0.05, 0) is 31.5 Å². The molecule has 1 N–H and O–H groups in total. The number of thioether (sulfide) groups is 1. The number of hydrogen-bond acceptors (Lipinski definition) is 6. The average molecular weight is 390 g/mol. The van der Waals surface area contributed by atoms with E-state index in [0.29, 0.717) is 33.2 Å². The summed E-state index contributed by atoms with van der Waals surface area (Å²) in [6.45, 7) is 1.85. The van der Waals surface area contributed by atoms with Crippen molar-refractivity contribution in [1.82, 2.24) is 14.8 Å². The van der Waals surface area contributed by atoms with Crippen molar-refractivity contribution in [2.75, 3.05) is 12.4 Å². The summed E-state index contributed by atoms with van der Waals surface area (Å²) in [4.78, 5) is 25.4. The highest BCUT2D eigenvalue weighted by molar-refractivity contribution is 7.99. The van der Waals surface area contributed by atoms with E-state index in [1.807, 2.05) is 6.92 Å². The smallest absolute Gasteiger partial charge is 0.417 e. The normalized spacial score (nSPS) is 10.6. The molecule has 0 saturated carbocycles. The highest BCUT2D eigenvalue weighted by atomic mass is 35.5. The third-order valence-corrected chi connectivity index (χ3v) is 4.49. The second-order valence-electron chi connectivity index (χ2n) is 4.59. The maximum absolute atomic E-state index is 10.8. The summed E-state index contributed by atoms with van der Waals surface area (Å²) in [6.07, 6.45) is 0.490. The highest BCUT2D eigenvalue weighted by Gasteiger charge is 2.13. The second-order valence-corrected chi connectivity index (χ2v) is 6.47. The first-order valence-corrected chi connectivity index (χ1v) is 8.54. The minimum Gasteiger partial charge on any atom is -0.473 e. The molecule has 0 spiro atoms. The number of carboxylic acids is 1. The average Bonchev–Trinajstić information content (AvgIpc) is 2.90. The maximum Gasteiger partial charge on any atom is 0.417 e. The number of benzene rings is 1. The van der Waals surface area contributed by atoms with E-state index in [0.717, 1.165) is 5.69 Å². The number of halogens is 2. The molecule has 0 amide bonds. The lowest BCUT2D eigenvalue weighted by molar-refractivity contribution is -0.163. The van der Waals surface area contributed by atoms with Gasteiger partial charge in [-0.15, -0.1) is 5.10 Å². The lowest BCUT2D eigenvalue weighted by Gasteiger charge is -2.04. The van der Waals surface area contributed by atoms with Gasteiger partial charge in [-0.25, -0.2) is 19.3 Å². The number of carboxylic acid groups (broad SMARTS) is 1. The summed E-state index contributed by atoms with van der Waals surface area (Å²) in [6, 6.07) is 5.17. The Bertz CT molecular complexity index is 766. The number of rotatable bonds is 6. The number of ether oxygens (including phenoxy) is 1. The molecule has 128 valence electrons. The first-order chi connectivity index (χ1) is 11.4. The van der Waals surface area contributed by atoms with E-state index in [1.54, 1.807) is 22.9 Å². The van der Waals surface area contributed by atoms with E-state index in [1.165, 1.54) is 11.8 Å². The van der Waals surface area contributed by atoms with Crippen LogP contribution in [-0.4, -0.2) is 44.2 Å². The standard InChI is InChI=1S/C14H13Cl2N3O4S/c1-8-17-14(24-6-2-5-23-13(22)12(20)21)18-19(8)9-3-4-10(15)11(16)7-9/h3-4,7H,2,5-6H2,1H3,(H,20,21). The Morgan fingerprint density at radius 3 is 2.75 bits per heavy atom. The van der Waals surface area contributed by atoms with Crippen molar-refractivity contribution in [3.63, 3.8) is 0 Å². The fourth-order valence-corrected chi connectivity index (χ4v) is 2.81. The Morgan fingerprint density at radius 1 is 1.33 bits per heavy atom. The molecule has 7 nitrogen and oxygen atoms in total. The van der Waals surface area contributed by atoms with Crippen molar-refractivity contribution in [2.45, 2.75) is 18.5 Å². The molecule has 10 heteroatoms. The summed E-state index contributed by atoms with van der Waals surface area (Å²) in [5, 5.41) is 14.2. The number of aliphatic carboxylic acids is 1. The molecular weight excluding hydrogens is 377 g/mol. The van der Waals surface area contributed by atoms with E-state index in [2.05, 4.69) is 14.8 Å². The largest absolute Gasteiger partial charge is 0.473 e. The molecular formula is C14H13Cl2N3O4S. The van der Waals surface area contributed by atoms with Gasteiger partial charge in [0.25, 0.3) is 0 Å². The zero-order chi connectivity index (χ0) is 17.7. The van der Waals surface area contributed by atoms with E-state index in [9.17, 15) is 9.59 Å². The summed E-state index contributed by atoms with van der Waals surface area (Å²) >= 11 is 13.3. The van der Waals surface area contributed by atoms with Crippen molar-refractivity contribution in [3.05, 3.63) is 34.1 Å². The number of aryl methyl sites for hydroxylation is 1. The Hall–Kier alpha value is -1.77. The maximum atomic E-state index is 10.8. The molecule has 0 aliphatic carbocycles. The van der Waals surface area contributed by atoms with Crippen LogP contribution in [0.25, 0.3) is 5.69 Å². The molecule has 0 bridgehead atoms. The van der Waals surface area contributed by atoms with Crippen LogP contribution >= 0.6 is 35.0 Å². The van der Waals surface area contributed by atoms with Gasteiger partial charge in [0.05, 0.1) is 22.3 Å². The first-order valence-electron chi connectivity index (χ1n) is 6.80. The molecule has 2 aromatic rings. The third kappa shape index (κ3) is 4.86. The zero-order valence-electron chi connectivity index (χ0n) is 12.5. The quantitative estimate of drug-likeness (QED) is 0.351. The van der Waals surface area contributed by atoms with Crippen LogP contribution in [0.1, 0.15) is 12.2 Å². The van der Waals surface area contributed by atoms with Gasteiger partial charge >= 0.3 is 11.9 Å². The van der Waals surface area contributed by atoms with Crippen LogP contribution in [0.4, 0.5) is 0 Å². The summed E-state index contributed by atoms with van der Waals surface area (Å²) in [5.41, 5.74) is 0.747. The predicted molar refractivity (Wildman–Crippen MR) is 90.1 cm³/mol. The lowest BCUT2D eigenvalue weighted by atomic mass is 10.3. The van der Waals surface area contributed by atoms with Crippen LogP contribution in [-0.2, 0) is 14.3 Å². The van der Waals surface area contributed by atoms with Gasteiger partial charge in [-0.3, -0.25) is 0 Å². The SMILES string of the molecule is Cc1nc(SCCCOC(=O)C(=O)O)nn1-c1ccc(Cl)c(Cl)c1. The topological polar surface area (TPSA) is 94.3 Å². The van der Waals surface area contributed by atoms with Gasteiger partial charge in [0, 0.05) is 5.75 Å². The van der Waals surface area contributed by atoms with Crippen LogP contribution in [0.3, 0.4) is 0 Å². The van der Waals surface area contributed by atoms with E-state index in [-0.39, 0.29) is 6.61 Å². The molecule has 0 unspecified atom stereocenters. The van der Waals surface area contributed by atoms with Gasteiger partial charge in [0.1, 0.15) is 5.82 Å². The molecule has 24 heavy (non-hydrogen) atoms. The van der Waals surface area contributed by atoms with E-state index < -0.39 is 11.9 Å². The summed E-state index contributed by atoms with van der Waals surface area (Å²) in [7, 11) is 0. The summed E-state index contributed by atoms with van der Waals surface area (Å²) in [5.74, 6) is -1.58. The molecule has 2 rings (SSSR count). The Balaban J connectivity index is 1.91. The Kier molecular flexibility index (Phi) is 6.47. The predicted octanol–water partition coefficient (Wildman–Crippen LogP) is 2.99. The Morgan fingerprint density at radius 2 is 2.08 bits per heavy atom. The first kappa shape index (κ1) is 18.6. The van der Waals surface area contributed by atoms with Crippen LogP contribution in [0.15, 0.2) is 23.4 Å². The highest BCUT2D eigenvalue weighted by Crippen LogP contribution is 2.25. The number of carbonyl (C=O) groups is 2. The van der Waals surface area contributed by atoms with Crippen molar-refractivity contribution in [1.29, 1.82) is 0 Å². The molecule has 1 heterocycles. The van der Waals surface area contributed by atoms with Gasteiger partial charge in [0.2, 0.25) is 5.16 Å². The molecule has 1 aromatic carbocycles. The van der Waals surface area contributed by atoms with Crippen molar-refractivity contribution in [2.24, 2.45) is 0 Å². The molecule has 0 fully saturated rings. The molecule has 0 saturated heterocycles. The van der Waals surface area contributed by atoms with Gasteiger partial charge < -0.3 is 9.84 Å². The number of carbonyl (C=O) groups excluding carboxylic acids is 1. The van der Waals surface area contributed by atoms with Crippen molar-refractivity contribution in [3.8, 4) is 5.69 Å². The fourth-order valence-electron chi connectivity index (χ4n) is 1.74. The fraction of sp³-hybridized carbons (Fsp3) is 0.286. The van der Waals surface area contributed by atoms with Gasteiger partial charge in [-0.2, -0.15) is 0 Å². The monoisotopic (exact) mass is 389 g/mol. The molecule has 0 radical (unpaired) electrons. The lowest BCUT2D eigenvalue weighted by Crippen LogP contribution is -2.17. The molecule has 1 aromatic heterocycles. The van der Waals surface area contributed by atoms with Crippen LogP contribution in [0.2, 0.25) is 10.0 Å². The molecule has 0 atom stereocenters. The van der Waals surface area contributed by atoms with Crippen LogP contribution < -0.4 is 0 Å². The number of esters is 1. The Labute approximate surface area is 151 Å². The third-order valence-electron chi connectivity index (χ3n) is 2.82. The molecule has 0 aliphatic rings. The van der Waals surface area contributed by atoms with E-state index in [4.69, 9.17) is 28.3 Å². The minimum atomic E-state index is -1.60. The summed E-state index contributed by atoms with van der Waals surface area (Å²) < 4.78 is 6.19. The zero-order valence-corrected chi connectivity index (χ0v) is 14.9. The minimum absolute atomic E-state index is 0.0324. The van der Waals surface area contributed by atoms with Crippen LogP contribution in [0.5, 0.6) is 0 Å². The van der Waals surface area contributed by atoms with Crippen molar-refractivity contribution < 1.29 is 19.4 Å². The van der Waals surface area contributed by atoms with Crippen LogP contribution in [0, 0.1) is 6.92 Å². The number of hydrogen-bond donors (Lipinski definition) is 1. The van der Waals surface area contributed by atoms with Crippen molar-refractivity contribution >= 4 is 46.9 Å².